The van der Waals surface area contributed by atoms with Crippen LogP contribution in [0.15, 0.2) is 72.8 Å². The van der Waals surface area contributed by atoms with Crippen LogP contribution in [-0.2, 0) is 14.4 Å². The van der Waals surface area contributed by atoms with Gasteiger partial charge >= 0.3 is 12.1 Å². The molecular formula is C30H24F2N2O6. The maximum absolute atomic E-state index is 15.1. The average molecular weight is 547 g/mol. The van der Waals surface area contributed by atoms with Gasteiger partial charge in [0.15, 0.2) is 0 Å². The molecule has 0 aromatic heterocycles. The predicted molar refractivity (Wildman–Crippen MR) is 137 cm³/mol. The van der Waals surface area contributed by atoms with Crippen molar-refractivity contribution in [2.24, 2.45) is 5.92 Å². The van der Waals surface area contributed by atoms with Crippen LogP contribution >= 0.6 is 0 Å². The number of benzene rings is 3. The van der Waals surface area contributed by atoms with Crippen LogP contribution in [0, 0.1) is 5.92 Å². The molecule has 1 atom stereocenters. The largest absolute Gasteiger partial charge is 0.448 e. The fourth-order valence-electron chi connectivity index (χ4n) is 5.67. The lowest BCUT2D eigenvalue weighted by atomic mass is 9.90. The number of piperidine rings is 1. The second kappa shape index (κ2) is 9.86. The van der Waals surface area contributed by atoms with Crippen molar-refractivity contribution in [1.29, 1.82) is 0 Å². The Hall–Kier alpha value is -4.60. The molecule has 0 radical (unpaired) electrons. The van der Waals surface area contributed by atoms with E-state index in [2.05, 4.69) is 0 Å². The van der Waals surface area contributed by atoms with E-state index in [-0.39, 0.29) is 36.6 Å². The smallest absolute Gasteiger partial charge is 0.409 e. The van der Waals surface area contributed by atoms with Crippen molar-refractivity contribution in [3.05, 3.63) is 95.1 Å². The number of carbonyl (C=O) groups is 4. The molecule has 8 nitrogen and oxygen atoms in total. The third-order valence-electron chi connectivity index (χ3n) is 7.70. The molecule has 0 bridgehead atoms. The van der Waals surface area contributed by atoms with Gasteiger partial charge in [0.25, 0.3) is 17.7 Å². The molecule has 1 aliphatic carbocycles. The van der Waals surface area contributed by atoms with Crippen LogP contribution in [0.4, 0.5) is 13.6 Å². The summed E-state index contributed by atoms with van der Waals surface area (Å²) in [6.07, 6.45) is -1.76. The van der Waals surface area contributed by atoms with E-state index < -0.39 is 48.7 Å². The number of imide groups is 1. The fourth-order valence-corrected chi connectivity index (χ4v) is 5.67. The summed E-state index contributed by atoms with van der Waals surface area (Å²) >= 11 is 0. The molecule has 2 aliphatic heterocycles. The average Bonchev–Trinajstić information content (AvgIpc) is 3.40. The van der Waals surface area contributed by atoms with Crippen molar-refractivity contribution in [1.82, 2.24) is 9.96 Å². The number of amides is 3. The van der Waals surface area contributed by atoms with Crippen molar-refractivity contribution < 1.29 is 37.5 Å². The Bertz CT molecular complexity index is 1460. The number of ether oxygens (including phenoxy) is 1. The Morgan fingerprint density at radius 2 is 1.35 bits per heavy atom. The molecular weight excluding hydrogens is 522 g/mol. The van der Waals surface area contributed by atoms with Crippen LogP contribution in [0.1, 0.15) is 50.6 Å². The fraction of sp³-hybridized carbons (Fsp3) is 0.267. The summed E-state index contributed by atoms with van der Waals surface area (Å²) in [6, 6.07) is 21.6. The summed E-state index contributed by atoms with van der Waals surface area (Å²) in [6.45, 7) is -0.961. The van der Waals surface area contributed by atoms with E-state index in [4.69, 9.17) is 9.57 Å². The van der Waals surface area contributed by atoms with E-state index in [1.54, 1.807) is 12.1 Å². The molecule has 6 rings (SSSR count). The van der Waals surface area contributed by atoms with Crippen LogP contribution in [0.5, 0.6) is 0 Å². The van der Waals surface area contributed by atoms with Crippen molar-refractivity contribution >= 4 is 23.9 Å². The highest BCUT2D eigenvalue weighted by Gasteiger charge is 2.48. The van der Waals surface area contributed by atoms with E-state index in [1.165, 1.54) is 12.1 Å². The molecule has 3 aromatic carbocycles. The standard InChI is InChI=1S/C30H24F2N2O6/c31-30(32)17-33(29(38)39-16-25-21-9-3-1-7-19(21)20-8-2-4-10-22(20)25)14-13-18(30)15-26(35)40-34-27(36)23-11-5-6-12-24(23)28(34)37/h1-12,18,25H,13-17H2. The van der Waals surface area contributed by atoms with Crippen LogP contribution in [0.25, 0.3) is 11.1 Å². The van der Waals surface area contributed by atoms with E-state index in [9.17, 15) is 19.2 Å². The van der Waals surface area contributed by atoms with E-state index in [0.717, 1.165) is 27.2 Å². The second-order valence-electron chi connectivity index (χ2n) is 10.1. The van der Waals surface area contributed by atoms with Gasteiger partial charge in [-0.1, -0.05) is 65.7 Å². The molecule has 40 heavy (non-hydrogen) atoms. The molecule has 3 amide bonds. The number of nitrogens with zero attached hydrogens (tertiary/aromatic N) is 2. The number of hydrogen-bond acceptors (Lipinski definition) is 6. The van der Waals surface area contributed by atoms with E-state index >= 15 is 8.78 Å². The van der Waals surface area contributed by atoms with Gasteiger partial charge in [-0.15, -0.1) is 0 Å². The number of carbonyl (C=O) groups excluding carboxylic acids is 4. The highest BCUT2D eigenvalue weighted by molar-refractivity contribution is 6.20. The summed E-state index contributed by atoms with van der Waals surface area (Å²) < 4.78 is 35.6. The third kappa shape index (κ3) is 4.39. The molecule has 1 unspecified atom stereocenters. The zero-order chi connectivity index (χ0) is 28.0. The van der Waals surface area contributed by atoms with Crippen LogP contribution in [0.3, 0.4) is 0 Å². The number of likely N-dealkylation sites (tertiary alicyclic amines) is 1. The molecule has 3 aliphatic rings. The first-order valence-electron chi connectivity index (χ1n) is 12.9. The van der Waals surface area contributed by atoms with Crippen LogP contribution in [-0.4, -0.2) is 59.5 Å². The Morgan fingerprint density at radius 1 is 0.825 bits per heavy atom. The van der Waals surface area contributed by atoms with Gasteiger partial charge in [0.1, 0.15) is 6.61 Å². The molecule has 0 N–H and O–H groups in total. The number of hydroxylamine groups is 2. The maximum atomic E-state index is 15.1. The molecule has 0 saturated carbocycles. The summed E-state index contributed by atoms with van der Waals surface area (Å²) in [4.78, 5) is 55.9. The van der Waals surface area contributed by atoms with Gasteiger partial charge in [0.2, 0.25) is 0 Å². The lowest BCUT2D eigenvalue weighted by Crippen LogP contribution is -2.51. The molecule has 204 valence electrons. The number of alkyl halides is 2. The topological polar surface area (TPSA) is 93.2 Å². The molecule has 3 aromatic rings. The zero-order valence-electron chi connectivity index (χ0n) is 21.2. The zero-order valence-corrected chi connectivity index (χ0v) is 21.2. The molecule has 0 spiro atoms. The highest BCUT2D eigenvalue weighted by atomic mass is 19.3. The summed E-state index contributed by atoms with van der Waals surface area (Å²) in [5.74, 6) is -7.84. The van der Waals surface area contributed by atoms with Crippen molar-refractivity contribution in [3.63, 3.8) is 0 Å². The number of halogens is 2. The molecule has 1 saturated heterocycles. The van der Waals surface area contributed by atoms with Gasteiger partial charge in [-0.05, 0) is 40.8 Å². The molecule has 2 heterocycles. The predicted octanol–water partition coefficient (Wildman–Crippen LogP) is 5.04. The first kappa shape index (κ1) is 25.7. The lowest BCUT2D eigenvalue weighted by Gasteiger charge is -2.37. The van der Waals surface area contributed by atoms with Crippen LogP contribution < -0.4 is 0 Å². The van der Waals surface area contributed by atoms with Gasteiger partial charge in [0, 0.05) is 18.4 Å². The van der Waals surface area contributed by atoms with Gasteiger partial charge in [-0.25, -0.2) is 18.4 Å². The second-order valence-corrected chi connectivity index (χ2v) is 10.1. The van der Waals surface area contributed by atoms with Gasteiger partial charge in [-0.3, -0.25) is 9.59 Å². The minimum absolute atomic E-state index is 0.00493. The SMILES string of the molecule is O=C(CC1CCN(C(=O)OCC2c3ccccc3-c3ccccc32)CC1(F)F)ON1C(=O)c2ccccc2C1=O. The van der Waals surface area contributed by atoms with E-state index in [1.807, 2.05) is 48.5 Å². The van der Waals surface area contributed by atoms with Crippen LogP contribution in [0.2, 0.25) is 0 Å². The number of fused-ring (bicyclic) bond motifs is 4. The monoisotopic (exact) mass is 546 g/mol. The first-order chi connectivity index (χ1) is 19.2. The quantitative estimate of drug-likeness (QED) is 0.417. The van der Waals surface area contributed by atoms with Gasteiger partial charge in [-0.2, -0.15) is 0 Å². The summed E-state index contributed by atoms with van der Waals surface area (Å²) in [5, 5.41) is 0.303. The van der Waals surface area contributed by atoms with Gasteiger partial charge in [0.05, 0.1) is 24.1 Å². The summed E-state index contributed by atoms with van der Waals surface area (Å²) in [7, 11) is 0. The van der Waals surface area contributed by atoms with E-state index in [0.29, 0.717) is 5.06 Å². The normalized spacial score (nSPS) is 19.2. The maximum Gasteiger partial charge on any atom is 0.409 e. The van der Waals surface area contributed by atoms with Gasteiger partial charge < -0.3 is 14.5 Å². The Labute approximate surface area is 228 Å². The Morgan fingerprint density at radius 3 is 1.90 bits per heavy atom. The summed E-state index contributed by atoms with van der Waals surface area (Å²) in [5.41, 5.74) is 4.28. The van der Waals surface area contributed by atoms with Crippen molar-refractivity contribution in [2.45, 2.75) is 24.7 Å². The Balaban J connectivity index is 1.05. The molecule has 1 fully saturated rings. The Kier molecular flexibility index (Phi) is 6.32. The molecule has 10 heteroatoms. The minimum atomic E-state index is -3.41. The first-order valence-corrected chi connectivity index (χ1v) is 12.9. The number of rotatable bonds is 5. The minimum Gasteiger partial charge on any atom is -0.448 e. The third-order valence-corrected chi connectivity index (χ3v) is 7.70. The van der Waals surface area contributed by atoms with Crippen molar-refractivity contribution in [3.8, 4) is 11.1 Å². The highest BCUT2D eigenvalue weighted by Crippen LogP contribution is 2.44. The van der Waals surface area contributed by atoms with Crippen molar-refractivity contribution in [2.75, 3.05) is 19.7 Å². The lowest BCUT2D eigenvalue weighted by molar-refractivity contribution is -0.176. The number of hydrogen-bond donors (Lipinski definition) is 0.